The van der Waals surface area contributed by atoms with Crippen molar-refractivity contribution in [1.29, 1.82) is 0 Å². The molecule has 0 aromatic rings. The first-order valence-corrected chi connectivity index (χ1v) is 4.69. The van der Waals surface area contributed by atoms with E-state index in [0.29, 0.717) is 6.32 Å². The number of rotatable bonds is 2. The van der Waals surface area contributed by atoms with Crippen LogP contribution in [0.1, 0.15) is 13.3 Å². The summed E-state index contributed by atoms with van der Waals surface area (Å²) in [5.41, 5.74) is 0. The molecule has 1 fully saturated rings. The normalized spacial score (nSPS) is 19.7. The fourth-order valence-electron chi connectivity index (χ4n) is 1.24. The van der Waals surface area contributed by atoms with E-state index < -0.39 is 7.12 Å². The van der Waals surface area contributed by atoms with Crippen LogP contribution in [0.3, 0.4) is 0 Å². The monoisotopic (exact) mass is 199 g/mol. The van der Waals surface area contributed by atoms with Crippen LogP contribution in [0.15, 0.2) is 0 Å². The number of carbonyl (C=O) groups is 2. The molecule has 1 rings (SSSR count). The lowest BCUT2D eigenvalue weighted by Gasteiger charge is -2.22. The molecule has 1 saturated heterocycles. The Morgan fingerprint density at radius 3 is 2.21 bits per heavy atom. The Labute approximate surface area is 83.5 Å². The van der Waals surface area contributed by atoms with E-state index in [4.69, 9.17) is 9.31 Å². The van der Waals surface area contributed by atoms with Crippen LogP contribution >= 0.6 is 0 Å². The molecule has 0 N–H and O–H groups in total. The van der Waals surface area contributed by atoms with Gasteiger partial charge in [-0.05, 0) is 7.05 Å². The van der Waals surface area contributed by atoms with Crippen molar-refractivity contribution in [3.8, 4) is 0 Å². The summed E-state index contributed by atoms with van der Waals surface area (Å²) < 4.78 is 9.90. The van der Waals surface area contributed by atoms with Gasteiger partial charge in [0, 0.05) is 6.32 Å². The van der Waals surface area contributed by atoms with E-state index in [-0.39, 0.29) is 25.0 Å². The van der Waals surface area contributed by atoms with E-state index >= 15 is 0 Å². The average molecular weight is 199 g/mol. The van der Waals surface area contributed by atoms with Gasteiger partial charge in [0.25, 0.3) is 0 Å². The van der Waals surface area contributed by atoms with Gasteiger partial charge in [0.15, 0.2) is 0 Å². The molecule has 0 atom stereocenters. The van der Waals surface area contributed by atoms with Crippen LogP contribution in [-0.2, 0) is 18.9 Å². The molecule has 0 unspecified atom stereocenters. The van der Waals surface area contributed by atoms with Crippen molar-refractivity contribution >= 4 is 19.1 Å². The summed E-state index contributed by atoms with van der Waals surface area (Å²) in [6, 6.07) is 0. The van der Waals surface area contributed by atoms with Crippen molar-refractivity contribution in [3.63, 3.8) is 0 Å². The molecule has 14 heavy (non-hydrogen) atoms. The van der Waals surface area contributed by atoms with Gasteiger partial charge < -0.3 is 9.31 Å². The molecule has 0 spiro atoms. The van der Waals surface area contributed by atoms with E-state index in [1.54, 1.807) is 11.9 Å². The third-order valence-electron chi connectivity index (χ3n) is 1.85. The molecule has 0 aromatic carbocycles. The highest BCUT2D eigenvalue weighted by Gasteiger charge is 2.30. The summed E-state index contributed by atoms with van der Waals surface area (Å²) >= 11 is 0. The van der Waals surface area contributed by atoms with E-state index in [0.717, 1.165) is 6.42 Å². The van der Waals surface area contributed by atoms with Crippen LogP contribution in [0.4, 0.5) is 0 Å². The van der Waals surface area contributed by atoms with Crippen LogP contribution in [0.5, 0.6) is 0 Å². The quantitative estimate of drug-likeness (QED) is 0.582. The first kappa shape index (κ1) is 11.0. The molecule has 5 nitrogen and oxygen atoms in total. The molecule has 0 radical (unpaired) electrons. The summed E-state index contributed by atoms with van der Waals surface area (Å²) in [5.74, 6) is -0.697. The van der Waals surface area contributed by atoms with Crippen molar-refractivity contribution in [2.45, 2.75) is 19.7 Å². The summed E-state index contributed by atoms with van der Waals surface area (Å²) in [6.45, 7) is 2.21. The first-order chi connectivity index (χ1) is 6.61. The average Bonchev–Trinajstić information content (AvgIpc) is 2.00. The van der Waals surface area contributed by atoms with E-state index in [2.05, 4.69) is 0 Å². The molecule has 0 aromatic heterocycles. The summed E-state index contributed by atoms with van der Waals surface area (Å²) in [7, 11) is 0.969. The summed E-state index contributed by atoms with van der Waals surface area (Å²) in [4.78, 5) is 23.9. The van der Waals surface area contributed by atoms with Crippen molar-refractivity contribution in [2.75, 3.05) is 20.1 Å². The number of likely N-dealkylation sites (N-methyl/N-ethyl adjacent to an activating group) is 1. The van der Waals surface area contributed by atoms with Gasteiger partial charge in [-0.3, -0.25) is 14.5 Å². The molecular formula is C8H14BNO4. The van der Waals surface area contributed by atoms with Crippen LogP contribution in [0.25, 0.3) is 0 Å². The predicted molar refractivity (Wildman–Crippen MR) is 50.5 cm³/mol. The fourth-order valence-corrected chi connectivity index (χ4v) is 1.24. The smallest absolute Gasteiger partial charge is 0.498 e. The Kier molecular flexibility index (Phi) is 3.94. The highest BCUT2D eigenvalue weighted by molar-refractivity contribution is 6.49. The molecular weight excluding hydrogens is 185 g/mol. The minimum atomic E-state index is -0.700. The summed E-state index contributed by atoms with van der Waals surface area (Å²) in [5, 5.41) is 0. The topological polar surface area (TPSA) is 55.8 Å². The lowest BCUT2D eigenvalue weighted by Crippen LogP contribution is -2.42. The Hall–Kier alpha value is -1.04. The maximum Gasteiger partial charge on any atom is 0.598 e. The second-order valence-electron chi connectivity index (χ2n) is 3.37. The van der Waals surface area contributed by atoms with Gasteiger partial charge >= 0.3 is 19.1 Å². The van der Waals surface area contributed by atoms with Gasteiger partial charge in [0.1, 0.15) is 0 Å². The largest absolute Gasteiger partial charge is 0.598 e. The molecule has 1 aliphatic rings. The van der Waals surface area contributed by atoms with Gasteiger partial charge in [0.05, 0.1) is 13.1 Å². The van der Waals surface area contributed by atoms with Crippen molar-refractivity contribution < 1.29 is 18.9 Å². The fraction of sp³-hybridized carbons (Fsp3) is 0.750. The second-order valence-corrected chi connectivity index (χ2v) is 3.37. The minimum absolute atomic E-state index is 0.134. The molecule has 6 heteroatoms. The SMILES string of the molecule is CCCB1OC(=O)CN(C)CC(=O)O1. The van der Waals surface area contributed by atoms with E-state index in [1.165, 1.54) is 0 Å². The Bertz CT molecular complexity index is 213. The van der Waals surface area contributed by atoms with Crippen LogP contribution in [0.2, 0.25) is 6.32 Å². The number of nitrogens with zero attached hydrogens (tertiary/aromatic N) is 1. The minimum Gasteiger partial charge on any atom is -0.498 e. The molecule has 0 bridgehead atoms. The molecule has 0 saturated carbocycles. The second kappa shape index (κ2) is 5.00. The predicted octanol–water partition coefficient (Wildman–Crippen LogP) is -0.0836. The zero-order valence-corrected chi connectivity index (χ0v) is 8.49. The molecule has 78 valence electrons. The molecule has 0 amide bonds. The van der Waals surface area contributed by atoms with E-state index in [9.17, 15) is 9.59 Å². The summed E-state index contributed by atoms with van der Waals surface area (Å²) in [6.07, 6.45) is 1.36. The maximum atomic E-state index is 11.2. The number of hydrogen-bond donors (Lipinski definition) is 0. The highest BCUT2D eigenvalue weighted by atomic mass is 16.6. The lowest BCUT2D eigenvalue weighted by atomic mass is 9.83. The molecule has 1 aliphatic heterocycles. The van der Waals surface area contributed by atoms with Gasteiger partial charge in [-0.15, -0.1) is 0 Å². The zero-order valence-electron chi connectivity index (χ0n) is 8.49. The van der Waals surface area contributed by atoms with Crippen molar-refractivity contribution in [3.05, 3.63) is 0 Å². The van der Waals surface area contributed by atoms with Crippen molar-refractivity contribution in [1.82, 2.24) is 4.90 Å². The molecule has 0 aliphatic carbocycles. The van der Waals surface area contributed by atoms with Gasteiger partial charge in [0.2, 0.25) is 0 Å². The number of hydrogen-bond acceptors (Lipinski definition) is 5. The van der Waals surface area contributed by atoms with Gasteiger partial charge in [-0.25, -0.2) is 0 Å². The van der Waals surface area contributed by atoms with Crippen LogP contribution < -0.4 is 0 Å². The van der Waals surface area contributed by atoms with Crippen molar-refractivity contribution in [2.24, 2.45) is 0 Å². The first-order valence-electron chi connectivity index (χ1n) is 4.69. The van der Waals surface area contributed by atoms with Gasteiger partial charge in [-0.1, -0.05) is 13.3 Å². The Morgan fingerprint density at radius 1 is 1.29 bits per heavy atom. The van der Waals surface area contributed by atoms with Crippen LogP contribution in [0, 0.1) is 0 Å². The highest BCUT2D eigenvalue weighted by Crippen LogP contribution is 2.05. The maximum absolute atomic E-state index is 11.2. The van der Waals surface area contributed by atoms with E-state index in [1.807, 2.05) is 6.92 Å². The standard InChI is InChI=1S/C8H14BNO4/c1-3-4-9-13-7(11)5-10(2)6-8(12)14-9/h3-6H2,1-2H3. The Balaban J connectivity index is 2.55. The Morgan fingerprint density at radius 2 is 1.79 bits per heavy atom. The van der Waals surface area contributed by atoms with Crippen LogP contribution in [-0.4, -0.2) is 44.1 Å². The zero-order chi connectivity index (χ0) is 10.6. The van der Waals surface area contributed by atoms with Gasteiger partial charge in [-0.2, -0.15) is 0 Å². The number of carbonyl (C=O) groups excluding carboxylic acids is 2. The third-order valence-corrected chi connectivity index (χ3v) is 1.85. The third kappa shape index (κ3) is 3.37. The molecule has 1 heterocycles. The lowest BCUT2D eigenvalue weighted by molar-refractivity contribution is -0.145.